The van der Waals surface area contributed by atoms with Gasteiger partial charge in [0, 0.05) is 18.3 Å². The molecule has 0 amide bonds. The minimum Gasteiger partial charge on any atom is -0.476 e. The summed E-state index contributed by atoms with van der Waals surface area (Å²) in [5.74, 6) is 6.26. The van der Waals surface area contributed by atoms with Gasteiger partial charge in [-0.3, -0.25) is 10.3 Å². The van der Waals surface area contributed by atoms with E-state index in [0.717, 1.165) is 12.1 Å². The summed E-state index contributed by atoms with van der Waals surface area (Å²) in [6.07, 6.45) is 5.66. The second kappa shape index (κ2) is 6.51. The number of hydrogen-bond acceptors (Lipinski definition) is 6. The Morgan fingerprint density at radius 1 is 1.39 bits per heavy atom. The first-order valence-corrected chi connectivity index (χ1v) is 6.45. The lowest BCUT2D eigenvalue weighted by Gasteiger charge is -2.26. The summed E-state index contributed by atoms with van der Waals surface area (Å²) in [5.41, 5.74) is 3.35. The Morgan fingerprint density at radius 2 is 2.17 bits per heavy atom. The predicted molar refractivity (Wildman–Crippen MR) is 70.4 cm³/mol. The number of nitrogens with two attached hydrogens (primary N) is 1. The molecule has 0 atom stereocenters. The lowest BCUT2D eigenvalue weighted by Crippen LogP contribution is -2.33. The van der Waals surface area contributed by atoms with Crippen LogP contribution in [0.3, 0.4) is 0 Å². The van der Waals surface area contributed by atoms with Crippen LogP contribution in [0.4, 0.5) is 5.95 Å². The van der Waals surface area contributed by atoms with Gasteiger partial charge in [0.25, 0.3) is 0 Å². The molecule has 100 valence electrons. The van der Waals surface area contributed by atoms with Gasteiger partial charge in [0.1, 0.15) is 6.61 Å². The number of hydrogen-bond donors (Lipinski definition) is 2. The van der Waals surface area contributed by atoms with E-state index in [2.05, 4.69) is 20.3 Å². The summed E-state index contributed by atoms with van der Waals surface area (Å²) in [4.78, 5) is 10.6. The molecule has 1 fully saturated rings. The van der Waals surface area contributed by atoms with Crippen LogP contribution in [0.25, 0.3) is 0 Å². The molecule has 1 aromatic heterocycles. The minimum absolute atomic E-state index is 0.383. The van der Waals surface area contributed by atoms with E-state index in [1.54, 1.807) is 6.20 Å². The van der Waals surface area contributed by atoms with Gasteiger partial charge >= 0.3 is 0 Å². The minimum atomic E-state index is 0.383. The van der Waals surface area contributed by atoms with E-state index in [9.17, 15) is 0 Å². The van der Waals surface area contributed by atoms with Crippen molar-refractivity contribution >= 4 is 5.95 Å². The number of anilines is 1. The van der Waals surface area contributed by atoms with Crippen molar-refractivity contribution in [2.75, 3.05) is 31.7 Å². The number of rotatable bonds is 5. The molecule has 1 saturated heterocycles. The van der Waals surface area contributed by atoms with E-state index in [0.29, 0.717) is 18.4 Å². The van der Waals surface area contributed by atoms with E-state index in [1.807, 2.05) is 6.92 Å². The monoisotopic (exact) mass is 251 g/mol. The van der Waals surface area contributed by atoms with Gasteiger partial charge in [-0.1, -0.05) is 6.42 Å². The van der Waals surface area contributed by atoms with Crippen LogP contribution in [0.5, 0.6) is 5.88 Å². The van der Waals surface area contributed by atoms with Crippen molar-refractivity contribution in [3.8, 4) is 5.88 Å². The number of aromatic nitrogens is 2. The fraction of sp³-hybridized carbons (Fsp3) is 0.667. The summed E-state index contributed by atoms with van der Waals surface area (Å²) in [6.45, 7) is 5.90. The van der Waals surface area contributed by atoms with Crippen LogP contribution in [-0.2, 0) is 0 Å². The van der Waals surface area contributed by atoms with Crippen LogP contribution in [0.1, 0.15) is 24.8 Å². The number of ether oxygens (including phenoxy) is 1. The molecule has 2 heterocycles. The average Bonchev–Trinajstić information content (AvgIpc) is 2.42. The molecular weight excluding hydrogens is 230 g/mol. The van der Waals surface area contributed by atoms with Crippen molar-refractivity contribution in [3.05, 3.63) is 11.8 Å². The highest BCUT2D eigenvalue weighted by Gasteiger charge is 2.10. The zero-order valence-electron chi connectivity index (χ0n) is 10.9. The van der Waals surface area contributed by atoms with Gasteiger partial charge < -0.3 is 4.74 Å². The first kappa shape index (κ1) is 13.0. The summed E-state index contributed by atoms with van der Waals surface area (Å²) in [7, 11) is 0. The Bertz CT molecular complexity index is 379. The standard InChI is InChI=1S/C12H21N5O/c1-10-9-14-12(16-13)15-11(10)18-8-7-17-5-3-2-4-6-17/h9H,2-8,13H2,1H3,(H,14,15,16). The molecule has 0 radical (unpaired) electrons. The second-order valence-corrected chi connectivity index (χ2v) is 4.58. The number of nitrogens with zero attached hydrogens (tertiary/aromatic N) is 3. The van der Waals surface area contributed by atoms with E-state index >= 15 is 0 Å². The molecule has 3 N–H and O–H groups in total. The Balaban J connectivity index is 1.81. The summed E-state index contributed by atoms with van der Waals surface area (Å²) in [6, 6.07) is 0. The van der Waals surface area contributed by atoms with Crippen LogP contribution >= 0.6 is 0 Å². The zero-order valence-corrected chi connectivity index (χ0v) is 10.9. The quantitative estimate of drug-likeness (QED) is 0.599. The molecule has 0 saturated carbocycles. The largest absolute Gasteiger partial charge is 0.476 e. The van der Waals surface area contributed by atoms with Crippen molar-refractivity contribution in [3.63, 3.8) is 0 Å². The average molecular weight is 251 g/mol. The van der Waals surface area contributed by atoms with Gasteiger partial charge in [0.2, 0.25) is 11.8 Å². The molecule has 0 aliphatic carbocycles. The van der Waals surface area contributed by atoms with E-state index in [4.69, 9.17) is 10.6 Å². The maximum absolute atomic E-state index is 5.69. The van der Waals surface area contributed by atoms with Crippen molar-refractivity contribution in [1.82, 2.24) is 14.9 Å². The van der Waals surface area contributed by atoms with Crippen molar-refractivity contribution in [2.45, 2.75) is 26.2 Å². The number of likely N-dealkylation sites (tertiary alicyclic amines) is 1. The molecule has 18 heavy (non-hydrogen) atoms. The van der Waals surface area contributed by atoms with Crippen LogP contribution < -0.4 is 16.0 Å². The van der Waals surface area contributed by atoms with Crippen LogP contribution in [0.15, 0.2) is 6.20 Å². The molecule has 0 bridgehead atoms. The molecule has 0 aromatic carbocycles. The molecule has 1 aromatic rings. The fourth-order valence-electron chi connectivity index (χ4n) is 2.10. The third-order valence-electron chi connectivity index (χ3n) is 3.15. The fourth-order valence-corrected chi connectivity index (χ4v) is 2.10. The van der Waals surface area contributed by atoms with E-state index in [1.165, 1.54) is 32.4 Å². The SMILES string of the molecule is Cc1cnc(NN)nc1OCCN1CCCCC1. The van der Waals surface area contributed by atoms with Gasteiger partial charge in [-0.05, 0) is 32.9 Å². The van der Waals surface area contributed by atoms with Crippen LogP contribution in [0.2, 0.25) is 0 Å². The molecule has 6 heteroatoms. The van der Waals surface area contributed by atoms with Gasteiger partial charge in [-0.2, -0.15) is 4.98 Å². The molecule has 2 rings (SSSR count). The number of aryl methyl sites for hydroxylation is 1. The first-order valence-electron chi connectivity index (χ1n) is 6.45. The lowest BCUT2D eigenvalue weighted by molar-refractivity contribution is 0.180. The highest BCUT2D eigenvalue weighted by Crippen LogP contribution is 2.15. The Hall–Kier alpha value is -1.40. The molecule has 1 aliphatic heterocycles. The third kappa shape index (κ3) is 3.54. The van der Waals surface area contributed by atoms with Gasteiger partial charge in [-0.25, -0.2) is 10.8 Å². The first-order chi connectivity index (χ1) is 8.79. The Morgan fingerprint density at radius 3 is 2.89 bits per heavy atom. The molecule has 0 spiro atoms. The topological polar surface area (TPSA) is 76.3 Å². The number of piperidine rings is 1. The summed E-state index contributed by atoms with van der Waals surface area (Å²) >= 11 is 0. The Kier molecular flexibility index (Phi) is 4.72. The smallest absolute Gasteiger partial charge is 0.240 e. The van der Waals surface area contributed by atoms with Crippen molar-refractivity contribution in [2.24, 2.45) is 5.84 Å². The maximum Gasteiger partial charge on any atom is 0.240 e. The van der Waals surface area contributed by atoms with Crippen molar-refractivity contribution < 1.29 is 4.74 Å². The van der Waals surface area contributed by atoms with Crippen LogP contribution in [0, 0.1) is 6.92 Å². The normalized spacial score (nSPS) is 16.6. The molecule has 6 nitrogen and oxygen atoms in total. The lowest BCUT2D eigenvalue weighted by atomic mass is 10.1. The molecule has 1 aliphatic rings. The molecular formula is C12H21N5O. The number of nitrogens with one attached hydrogen (secondary N) is 1. The van der Waals surface area contributed by atoms with Gasteiger partial charge in [0.15, 0.2) is 0 Å². The molecule has 0 unspecified atom stereocenters. The van der Waals surface area contributed by atoms with E-state index < -0.39 is 0 Å². The van der Waals surface area contributed by atoms with Crippen molar-refractivity contribution in [1.29, 1.82) is 0 Å². The Labute approximate surface area is 108 Å². The van der Waals surface area contributed by atoms with E-state index in [-0.39, 0.29) is 0 Å². The highest BCUT2D eigenvalue weighted by atomic mass is 16.5. The summed E-state index contributed by atoms with van der Waals surface area (Å²) in [5, 5.41) is 0. The number of nitrogen functional groups attached to an aromatic ring is 1. The predicted octanol–water partition coefficient (Wildman–Crippen LogP) is 0.935. The number of hydrazine groups is 1. The second-order valence-electron chi connectivity index (χ2n) is 4.58. The maximum atomic E-state index is 5.69. The van der Waals surface area contributed by atoms with Crippen LogP contribution in [-0.4, -0.2) is 41.1 Å². The third-order valence-corrected chi connectivity index (χ3v) is 3.15. The zero-order chi connectivity index (χ0) is 12.8. The highest BCUT2D eigenvalue weighted by molar-refractivity contribution is 5.31. The van der Waals surface area contributed by atoms with Gasteiger partial charge in [0.05, 0.1) is 0 Å². The van der Waals surface area contributed by atoms with Gasteiger partial charge in [-0.15, -0.1) is 0 Å². The summed E-state index contributed by atoms with van der Waals surface area (Å²) < 4.78 is 5.69.